The third-order valence-electron chi connectivity index (χ3n) is 1.23. The zero-order valence-electron chi connectivity index (χ0n) is 6.79. The van der Waals surface area contributed by atoms with E-state index in [1.165, 1.54) is 0 Å². The summed E-state index contributed by atoms with van der Waals surface area (Å²) in [6, 6.07) is 0. The molecular formula is C6H14N4O2. The Balaban J connectivity index is 3.22. The molecule has 6 N–H and O–H groups in total. The highest BCUT2D eigenvalue weighted by Crippen LogP contribution is 1.94. The molecule has 0 aromatic rings. The molecule has 0 atom stereocenters. The van der Waals surface area contributed by atoms with Crippen LogP contribution in [0.4, 0.5) is 0 Å². The zero-order chi connectivity index (χ0) is 9.40. The second kappa shape index (κ2) is 6.41. The van der Waals surface area contributed by atoms with Crippen LogP contribution in [0.1, 0.15) is 19.3 Å². The number of guanidine groups is 1. The second-order valence-electron chi connectivity index (χ2n) is 2.30. The molecule has 0 spiro atoms. The lowest BCUT2D eigenvalue weighted by Gasteiger charge is -1.96. The van der Waals surface area contributed by atoms with Crippen molar-refractivity contribution in [3.8, 4) is 0 Å². The average Bonchev–Trinajstić information content (AvgIpc) is 2.03. The Hall–Kier alpha value is -1.30. The number of nitrogens with zero attached hydrogens (tertiary/aromatic N) is 1. The molecule has 0 unspecified atom stereocenters. The van der Waals surface area contributed by atoms with Crippen LogP contribution in [0, 0.1) is 0 Å². The van der Waals surface area contributed by atoms with Gasteiger partial charge in [0.05, 0.1) is 0 Å². The molecule has 1 amide bonds. The third-order valence-corrected chi connectivity index (χ3v) is 1.23. The largest absolute Gasteiger partial charge is 0.370 e. The number of aliphatic imine (C=N–C) groups is 1. The molecule has 0 aliphatic rings. The van der Waals surface area contributed by atoms with Gasteiger partial charge in [-0.3, -0.25) is 15.0 Å². The highest BCUT2D eigenvalue weighted by Gasteiger charge is 1.96. The van der Waals surface area contributed by atoms with Crippen molar-refractivity contribution in [1.82, 2.24) is 5.48 Å². The molecule has 0 aliphatic heterocycles. The second-order valence-corrected chi connectivity index (χ2v) is 2.30. The van der Waals surface area contributed by atoms with Crippen LogP contribution in [0.5, 0.6) is 0 Å². The molecule has 0 aliphatic carbocycles. The van der Waals surface area contributed by atoms with Gasteiger partial charge in [0, 0.05) is 13.0 Å². The van der Waals surface area contributed by atoms with Crippen LogP contribution in [0.25, 0.3) is 0 Å². The maximum Gasteiger partial charge on any atom is 0.243 e. The molecule has 0 aromatic heterocycles. The van der Waals surface area contributed by atoms with E-state index in [4.69, 9.17) is 16.7 Å². The molecule has 0 heterocycles. The SMILES string of the molecule is NC(N)=NCCCCC(=O)NO. The number of unbranched alkanes of at least 4 members (excludes halogenated alkanes) is 1. The Morgan fingerprint density at radius 1 is 1.42 bits per heavy atom. The summed E-state index contributed by atoms with van der Waals surface area (Å²) < 4.78 is 0. The summed E-state index contributed by atoms with van der Waals surface area (Å²) in [7, 11) is 0. The van der Waals surface area contributed by atoms with Gasteiger partial charge in [0.25, 0.3) is 0 Å². The predicted molar refractivity (Wildman–Crippen MR) is 44.5 cm³/mol. The summed E-state index contributed by atoms with van der Waals surface area (Å²) in [4.78, 5) is 14.2. The lowest BCUT2D eigenvalue weighted by Crippen LogP contribution is -2.23. The number of hydroxylamine groups is 1. The standard InChI is InChI=1S/C6H14N4O2/c7-6(8)9-4-2-1-3-5(11)10-12/h12H,1-4H2,(H,10,11)(H4,7,8,9). The van der Waals surface area contributed by atoms with Crippen LogP contribution < -0.4 is 16.9 Å². The van der Waals surface area contributed by atoms with Crippen LogP contribution in [0.3, 0.4) is 0 Å². The number of amides is 1. The van der Waals surface area contributed by atoms with Crippen molar-refractivity contribution in [3.05, 3.63) is 0 Å². The number of nitrogens with two attached hydrogens (primary N) is 2. The Morgan fingerprint density at radius 2 is 2.08 bits per heavy atom. The monoisotopic (exact) mass is 174 g/mol. The van der Waals surface area contributed by atoms with E-state index in [9.17, 15) is 4.79 Å². The fraction of sp³-hybridized carbons (Fsp3) is 0.667. The summed E-state index contributed by atoms with van der Waals surface area (Å²) in [6.07, 6.45) is 1.67. The molecule has 0 aromatic carbocycles. The van der Waals surface area contributed by atoms with Gasteiger partial charge in [-0.25, -0.2) is 5.48 Å². The number of carbonyl (C=O) groups excluding carboxylic acids is 1. The van der Waals surface area contributed by atoms with E-state index in [1.807, 2.05) is 0 Å². The first kappa shape index (κ1) is 10.7. The van der Waals surface area contributed by atoms with Gasteiger partial charge in [-0.2, -0.15) is 0 Å². The van der Waals surface area contributed by atoms with Crippen molar-refractivity contribution in [2.45, 2.75) is 19.3 Å². The van der Waals surface area contributed by atoms with Crippen LogP contribution in [0.2, 0.25) is 0 Å². The average molecular weight is 174 g/mol. The van der Waals surface area contributed by atoms with Gasteiger partial charge < -0.3 is 11.5 Å². The minimum absolute atomic E-state index is 0.0570. The minimum Gasteiger partial charge on any atom is -0.370 e. The van der Waals surface area contributed by atoms with E-state index in [2.05, 4.69) is 4.99 Å². The van der Waals surface area contributed by atoms with Crippen molar-refractivity contribution in [1.29, 1.82) is 0 Å². The van der Waals surface area contributed by atoms with Gasteiger partial charge >= 0.3 is 0 Å². The topological polar surface area (TPSA) is 114 Å². The number of hydrogen-bond acceptors (Lipinski definition) is 3. The van der Waals surface area contributed by atoms with E-state index in [0.717, 1.165) is 6.42 Å². The van der Waals surface area contributed by atoms with Gasteiger partial charge in [-0.15, -0.1) is 0 Å². The highest BCUT2D eigenvalue weighted by molar-refractivity contribution is 5.75. The zero-order valence-corrected chi connectivity index (χ0v) is 6.79. The van der Waals surface area contributed by atoms with E-state index < -0.39 is 0 Å². The van der Waals surface area contributed by atoms with Crippen molar-refractivity contribution in [3.63, 3.8) is 0 Å². The summed E-state index contributed by atoms with van der Waals surface area (Å²) in [5.74, 6) is -0.332. The lowest BCUT2D eigenvalue weighted by atomic mass is 10.2. The van der Waals surface area contributed by atoms with Crippen molar-refractivity contribution >= 4 is 11.9 Å². The maximum atomic E-state index is 10.5. The summed E-state index contributed by atoms with van der Waals surface area (Å²) in [5, 5.41) is 8.11. The molecule has 0 saturated carbocycles. The summed E-state index contributed by atoms with van der Waals surface area (Å²) in [6.45, 7) is 0.515. The molecule has 0 bridgehead atoms. The number of hydrogen-bond donors (Lipinski definition) is 4. The molecule has 6 nitrogen and oxygen atoms in total. The van der Waals surface area contributed by atoms with E-state index in [-0.39, 0.29) is 18.3 Å². The van der Waals surface area contributed by atoms with Crippen LogP contribution >= 0.6 is 0 Å². The predicted octanol–water partition coefficient (Wildman–Crippen LogP) is -1.06. The first-order valence-electron chi connectivity index (χ1n) is 3.65. The smallest absolute Gasteiger partial charge is 0.243 e. The van der Waals surface area contributed by atoms with Gasteiger partial charge in [-0.1, -0.05) is 0 Å². The molecule has 70 valence electrons. The van der Waals surface area contributed by atoms with Gasteiger partial charge in [-0.05, 0) is 12.8 Å². The molecule has 0 rings (SSSR count). The van der Waals surface area contributed by atoms with E-state index in [1.54, 1.807) is 5.48 Å². The van der Waals surface area contributed by atoms with Gasteiger partial charge in [0.15, 0.2) is 5.96 Å². The Kier molecular flexibility index (Phi) is 5.72. The lowest BCUT2D eigenvalue weighted by molar-refractivity contribution is -0.129. The fourth-order valence-corrected chi connectivity index (χ4v) is 0.661. The molecule has 6 heteroatoms. The number of nitrogens with one attached hydrogen (secondary N) is 1. The Morgan fingerprint density at radius 3 is 2.58 bits per heavy atom. The molecule has 0 saturated heterocycles. The fourth-order valence-electron chi connectivity index (χ4n) is 0.661. The quantitative estimate of drug-likeness (QED) is 0.140. The van der Waals surface area contributed by atoms with Gasteiger partial charge in [0.2, 0.25) is 5.91 Å². The highest BCUT2D eigenvalue weighted by atomic mass is 16.5. The van der Waals surface area contributed by atoms with Crippen LogP contribution in [0.15, 0.2) is 4.99 Å². The van der Waals surface area contributed by atoms with Crippen molar-refractivity contribution in [2.24, 2.45) is 16.5 Å². The minimum atomic E-state index is -0.389. The Bertz CT molecular complexity index is 165. The van der Waals surface area contributed by atoms with E-state index in [0.29, 0.717) is 13.0 Å². The van der Waals surface area contributed by atoms with Crippen molar-refractivity contribution in [2.75, 3.05) is 6.54 Å². The molecule has 0 fully saturated rings. The first-order valence-corrected chi connectivity index (χ1v) is 3.65. The Labute approximate surface area is 70.6 Å². The normalized spacial score (nSPS) is 9.08. The number of rotatable bonds is 5. The van der Waals surface area contributed by atoms with Crippen LogP contribution in [-0.2, 0) is 4.79 Å². The first-order chi connectivity index (χ1) is 5.66. The molecule has 12 heavy (non-hydrogen) atoms. The summed E-state index contributed by atoms with van der Waals surface area (Å²) >= 11 is 0. The number of carbonyl (C=O) groups is 1. The maximum absolute atomic E-state index is 10.5. The molecule has 0 radical (unpaired) electrons. The third kappa shape index (κ3) is 6.81. The summed E-state index contributed by atoms with van der Waals surface area (Å²) in [5.41, 5.74) is 11.7. The van der Waals surface area contributed by atoms with Gasteiger partial charge in [0.1, 0.15) is 0 Å². The van der Waals surface area contributed by atoms with Crippen LogP contribution in [-0.4, -0.2) is 23.6 Å². The molecular weight excluding hydrogens is 160 g/mol. The van der Waals surface area contributed by atoms with E-state index >= 15 is 0 Å². The van der Waals surface area contributed by atoms with Crippen molar-refractivity contribution < 1.29 is 10.0 Å².